The van der Waals surface area contributed by atoms with E-state index in [1.807, 2.05) is 0 Å². The number of rotatable bonds is 2. The smallest absolute Gasteiger partial charge is 0.340 e. The number of ether oxygens (including phenoxy) is 1. The van der Waals surface area contributed by atoms with E-state index in [1.165, 1.54) is 18.1 Å². The van der Waals surface area contributed by atoms with E-state index in [-0.39, 0.29) is 23.9 Å². The number of hydrogen-bond acceptors (Lipinski definition) is 4. The first kappa shape index (κ1) is 12.9. The highest BCUT2D eigenvalue weighted by atomic mass is 35.5. The van der Waals surface area contributed by atoms with Gasteiger partial charge in [-0.2, -0.15) is 0 Å². The van der Waals surface area contributed by atoms with Crippen LogP contribution in [0.5, 0.6) is 0 Å². The van der Waals surface area contributed by atoms with E-state index in [0.717, 1.165) is 0 Å². The first-order chi connectivity index (χ1) is 8.52. The molecule has 1 fully saturated rings. The lowest BCUT2D eigenvalue weighted by Crippen LogP contribution is -2.29. The number of anilines is 1. The van der Waals surface area contributed by atoms with Crippen LogP contribution in [0.2, 0.25) is 5.02 Å². The molecule has 1 aromatic rings. The summed E-state index contributed by atoms with van der Waals surface area (Å²) in [5.41, 5.74) is 6.50. The van der Waals surface area contributed by atoms with Gasteiger partial charge in [0, 0.05) is 24.0 Å². The Balaban J connectivity index is 2.44. The van der Waals surface area contributed by atoms with Gasteiger partial charge in [0.25, 0.3) is 0 Å². The van der Waals surface area contributed by atoms with Crippen molar-refractivity contribution in [2.45, 2.75) is 12.5 Å². The van der Waals surface area contributed by atoms with Gasteiger partial charge in [-0.15, -0.1) is 0 Å². The molecule has 96 valence electrons. The van der Waals surface area contributed by atoms with E-state index < -0.39 is 5.97 Å². The maximum absolute atomic E-state index is 11.8. The molecule has 0 aliphatic carbocycles. The number of esters is 1. The Morgan fingerprint density at radius 1 is 1.56 bits per heavy atom. The van der Waals surface area contributed by atoms with E-state index in [4.69, 9.17) is 17.3 Å². The molecule has 1 unspecified atom stereocenters. The first-order valence-electron chi connectivity index (χ1n) is 5.46. The van der Waals surface area contributed by atoms with Gasteiger partial charge in [0.2, 0.25) is 5.91 Å². The predicted molar refractivity (Wildman–Crippen MR) is 67.7 cm³/mol. The number of hydrogen-bond donors (Lipinski definition) is 1. The maximum atomic E-state index is 11.8. The summed E-state index contributed by atoms with van der Waals surface area (Å²) in [7, 11) is 1.28. The summed E-state index contributed by atoms with van der Waals surface area (Å²) in [6.07, 6.45) is 0.281. The molecule has 2 N–H and O–H groups in total. The Morgan fingerprint density at radius 2 is 2.28 bits per heavy atom. The highest BCUT2D eigenvalue weighted by Gasteiger charge is 2.30. The van der Waals surface area contributed by atoms with Gasteiger partial charge in [0.1, 0.15) is 0 Å². The van der Waals surface area contributed by atoms with Crippen molar-refractivity contribution in [3.8, 4) is 0 Å². The molecule has 0 spiro atoms. The number of halogens is 1. The molecule has 5 nitrogen and oxygen atoms in total. The van der Waals surface area contributed by atoms with Crippen molar-refractivity contribution in [1.82, 2.24) is 0 Å². The monoisotopic (exact) mass is 268 g/mol. The van der Waals surface area contributed by atoms with Crippen LogP contribution in [0.3, 0.4) is 0 Å². The van der Waals surface area contributed by atoms with Crippen molar-refractivity contribution < 1.29 is 14.3 Å². The fourth-order valence-electron chi connectivity index (χ4n) is 1.99. The van der Waals surface area contributed by atoms with E-state index in [2.05, 4.69) is 4.74 Å². The largest absolute Gasteiger partial charge is 0.465 e. The SMILES string of the molecule is COC(=O)c1cc(Cl)ccc1N1CC(N)CC1=O. The topological polar surface area (TPSA) is 72.6 Å². The van der Waals surface area contributed by atoms with Gasteiger partial charge >= 0.3 is 5.97 Å². The number of amides is 1. The molecule has 0 radical (unpaired) electrons. The summed E-state index contributed by atoms with van der Waals surface area (Å²) in [6.45, 7) is 0.393. The van der Waals surface area contributed by atoms with Crippen molar-refractivity contribution in [3.05, 3.63) is 28.8 Å². The molecule has 0 bridgehead atoms. The van der Waals surface area contributed by atoms with Gasteiger partial charge in [-0.1, -0.05) is 11.6 Å². The summed E-state index contributed by atoms with van der Waals surface area (Å²) >= 11 is 5.85. The summed E-state index contributed by atoms with van der Waals surface area (Å²) in [4.78, 5) is 25.0. The molecule has 1 aliphatic heterocycles. The van der Waals surface area contributed by atoms with Gasteiger partial charge in [-0.3, -0.25) is 4.79 Å². The van der Waals surface area contributed by atoms with E-state index in [9.17, 15) is 9.59 Å². The molecule has 0 saturated carbocycles. The molecule has 1 saturated heterocycles. The quantitative estimate of drug-likeness (QED) is 0.818. The highest BCUT2D eigenvalue weighted by Crippen LogP contribution is 2.28. The van der Waals surface area contributed by atoms with Crippen LogP contribution in [-0.2, 0) is 9.53 Å². The molecular weight excluding hydrogens is 256 g/mol. The average molecular weight is 269 g/mol. The minimum absolute atomic E-state index is 0.102. The van der Waals surface area contributed by atoms with Gasteiger partial charge in [-0.25, -0.2) is 4.79 Å². The third-order valence-electron chi connectivity index (χ3n) is 2.81. The zero-order chi connectivity index (χ0) is 13.3. The van der Waals surface area contributed by atoms with E-state index in [0.29, 0.717) is 17.3 Å². The average Bonchev–Trinajstić information content (AvgIpc) is 2.67. The summed E-state index contributed by atoms with van der Waals surface area (Å²) in [5, 5.41) is 0.412. The van der Waals surface area contributed by atoms with Crippen LogP contribution in [0.15, 0.2) is 18.2 Å². The normalized spacial score (nSPS) is 19.2. The van der Waals surface area contributed by atoms with Crippen molar-refractivity contribution in [2.24, 2.45) is 5.73 Å². The predicted octanol–water partition coefficient (Wildman–Crippen LogP) is 1.19. The summed E-state index contributed by atoms with van der Waals surface area (Å²) in [5.74, 6) is -0.629. The fraction of sp³-hybridized carbons (Fsp3) is 0.333. The summed E-state index contributed by atoms with van der Waals surface area (Å²) < 4.78 is 4.69. The van der Waals surface area contributed by atoms with Crippen molar-refractivity contribution in [2.75, 3.05) is 18.6 Å². The number of nitrogens with two attached hydrogens (primary N) is 1. The Morgan fingerprint density at radius 3 is 2.83 bits per heavy atom. The number of carbonyl (C=O) groups is 2. The van der Waals surface area contributed by atoms with Crippen LogP contribution in [0, 0.1) is 0 Å². The molecule has 1 amide bonds. The second kappa shape index (κ2) is 4.96. The first-order valence-corrected chi connectivity index (χ1v) is 5.84. The Labute approximate surface area is 109 Å². The molecule has 2 rings (SSSR count). The summed E-state index contributed by atoms with van der Waals surface area (Å²) in [6, 6.07) is 4.53. The number of nitrogens with zero attached hydrogens (tertiary/aromatic N) is 1. The van der Waals surface area contributed by atoms with Crippen LogP contribution in [-0.4, -0.2) is 31.6 Å². The molecule has 1 aliphatic rings. The van der Waals surface area contributed by atoms with Crippen molar-refractivity contribution in [3.63, 3.8) is 0 Å². The lowest BCUT2D eigenvalue weighted by Gasteiger charge is -2.19. The minimum Gasteiger partial charge on any atom is -0.465 e. The minimum atomic E-state index is -0.527. The molecule has 1 aromatic carbocycles. The molecule has 18 heavy (non-hydrogen) atoms. The number of benzene rings is 1. The van der Waals surface area contributed by atoms with Crippen LogP contribution in [0.25, 0.3) is 0 Å². The molecule has 1 heterocycles. The highest BCUT2D eigenvalue weighted by molar-refractivity contribution is 6.31. The van der Waals surface area contributed by atoms with Gasteiger partial charge in [0.15, 0.2) is 0 Å². The van der Waals surface area contributed by atoms with Crippen LogP contribution < -0.4 is 10.6 Å². The maximum Gasteiger partial charge on any atom is 0.340 e. The van der Waals surface area contributed by atoms with Gasteiger partial charge in [0.05, 0.1) is 18.4 Å². The third kappa shape index (κ3) is 2.32. The van der Waals surface area contributed by atoms with Gasteiger partial charge < -0.3 is 15.4 Å². The number of carbonyl (C=O) groups excluding carboxylic acids is 2. The van der Waals surface area contributed by atoms with Crippen LogP contribution in [0.1, 0.15) is 16.8 Å². The molecule has 0 aromatic heterocycles. The standard InChI is InChI=1S/C12H13ClN2O3/c1-18-12(17)9-4-7(13)2-3-10(9)15-6-8(14)5-11(15)16/h2-4,8H,5-6,14H2,1H3. The van der Waals surface area contributed by atoms with E-state index >= 15 is 0 Å². The Hall–Kier alpha value is -1.59. The third-order valence-corrected chi connectivity index (χ3v) is 3.04. The Kier molecular flexibility index (Phi) is 3.54. The lowest BCUT2D eigenvalue weighted by atomic mass is 10.1. The second-order valence-electron chi connectivity index (χ2n) is 4.12. The fourth-order valence-corrected chi connectivity index (χ4v) is 2.16. The molecule has 1 atom stereocenters. The molecular formula is C12H13ClN2O3. The number of methoxy groups -OCH3 is 1. The lowest BCUT2D eigenvalue weighted by molar-refractivity contribution is -0.117. The van der Waals surface area contributed by atoms with Crippen molar-refractivity contribution >= 4 is 29.2 Å². The second-order valence-corrected chi connectivity index (χ2v) is 4.56. The van der Waals surface area contributed by atoms with Crippen molar-refractivity contribution in [1.29, 1.82) is 0 Å². The zero-order valence-corrected chi connectivity index (χ0v) is 10.6. The zero-order valence-electron chi connectivity index (χ0n) is 9.85. The van der Waals surface area contributed by atoms with Crippen LogP contribution >= 0.6 is 11.6 Å². The Bertz CT molecular complexity index is 504. The van der Waals surface area contributed by atoms with Gasteiger partial charge in [-0.05, 0) is 18.2 Å². The van der Waals surface area contributed by atoms with E-state index in [1.54, 1.807) is 12.1 Å². The van der Waals surface area contributed by atoms with Crippen LogP contribution in [0.4, 0.5) is 5.69 Å². The molecule has 6 heteroatoms.